The van der Waals surface area contributed by atoms with Crippen molar-refractivity contribution in [1.29, 1.82) is 0 Å². The highest BCUT2D eigenvalue weighted by molar-refractivity contribution is 5.95. The molecule has 1 rings (SSSR count). The molecule has 0 aromatic heterocycles. The second-order valence-electron chi connectivity index (χ2n) is 5.82. The van der Waals surface area contributed by atoms with Crippen LogP contribution in [-0.2, 0) is 23.8 Å². The highest BCUT2D eigenvalue weighted by atomic mass is 16.6. The second kappa shape index (κ2) is 8.25. The van der Waals surface area contributed by atoms with Gasteiger partial charge in [0.15, 0.2) is 5.92 Å². The first-order valence-corrected chi connectivity index (χ1v) is 7.38. The highest BCUT2D eigenvalue weighted by Gasteiger charge is 2.34. The molecule has 0 N–H and O–H groups in total. The van der Waals surface area contributed by atoms with E-state index in [1.165, 1.54) is 0 Å². The summed E-state index contributed by atoms with van der Waals surface area (Å²) < 4.78 is 15.7. The number of hydrogen-bond acceptors (Lipinski definition) is 5. The maximum atomic E-state index is 12.1. The third-order valence-corrected chi connectivity index (χ3v) is 3.18. The van der Waals surface area contributed by atoms with Crippen LogP contribution in [0.25, 0.3) is 0 Å². The van der Waals surface area contributed by atoms with Crippen molar-refractivity contribution in [3.63, 3.8) is 0 Å². The summed E-state index contributed by atoms with van der Waals surface area (Å²) in [5.41, 5.74) is 0. The van der Waals surface area contributed by atoms with Crippen LogP contribution >= 0.6 is 0 Å². The summed E-state index contributed by atoms with van der Waals surface area (Å²) in [5.74, 6) is -1.45. The Balaban J connectivity index is 2.66. The molecule has 0 radical (unpaired) electrons. The van der Waals surface area contributed by atoms with Gasteiger partial charge in [0.25, 0.3) is 0 Å². The molecule has 1 fully saturated rings. The Hall–Kier alpha value is -1.10. The van der Waals surface area contributed by atoms with Crippen molar-refractivity contribution in [1.82, 2.24) is 0 Å². The molecule has 1 aliphatic rings. The average Bonchev–Trinajstić information content (AvgIpc) is 2.35. The van der Waals surface area contributed by atoms with Gasteiger partial charge >= 0.3 is 11.9 Å². The van der Waals surface area contributed by atoms with Crippen LogP contribution in [0.1, 0.15) is 47.0 Å². The fourth-order valence-electron chi connectivity index (χ4n) is 2.23. The van der Waals surface area contributed by atoms with E-state index in [-0.39, 0.29) is 12.2 Å². The summed E-state index contributed by atoms with van der Waals surface area (Å²) in [6, 6.07) is 0. The van der Waals surface area contributed by atoms with Crippen LogP contribution in [0, 0.1) is 11.8 Å². The molecular formula is C15H26O5. The zero-order chi connectivity index (χ0) is 15.1. The van der Waals surface area contributed by atoms with Gasteiger partial charge in [-0.05, 0) is 52.9 Å². The quantitative estimate of drug-likeness (QED) is 0.554. The van der Waals surface area contributed by atoms with Crippen molar-refractivity contribution >= 4 is 11.9 Å². The Morgan fingerprint density at radius 1 is 1.00 bits per heavy atom. The zero-order valence-corrected chi connectivity index (χ0v) is 12.9. The molecule has 0 atom stereocenters. The molecule has 0 saturated carbocycles. The van der Waals surface area contributed by atoms with Crippen molar-refractivity contribution in [2.24, 2.45) is 11.8 Å². The van der Waals surface area contributed by atoms with E-state index in [0.29, 0.717) is 25.6 Å². The third-order valence-electron chi connectivity index (χ3n) is 3.18. The van der Waals surface area contributed by atoms with Crippen molar-refractivity contribution in [2.75, 3.05) is 13.2 Å². The number of carbonyl (C=O) groups is 2. The normalized spacial score (nSPS) is 16.8. The van der Waals surface area contributed by atoms with Crippen LogP contribution in [0.3, 0.4) is 0 Å². The van der Waals surface area contributed by atoms with Gasteiger partial charge in [0.1, 0.15) is 0 Å². The first-order chi connectivity index (χ1) is 9.40. The molecule has 20 heavy (non-hydrogen) atoms. The van der Waals surface area contributed by atoms with Crippen LogP contribution < -0.4 is 0 Å². The van der Waals surface area contributed by atoms with E-state index in [1.54, 1.807) is 27.7 Å². The molecule has 116 valence electrons. The summed E-state index contributed by atoms with van der Waals surface area (Å²) >= 11 is 0. The second-order valence-corrected chi connectivity index (χ2v) is 5.82. The van der Waals surface area contributed by atoms with Crippen LogP contribution in [-0.4, -0.2) is 37.4 Å². The SMILES string of the molecule is CC(C)OC(=O)C(CC1CCOCC1)C(=O)OC(C)C. The van der Waals surface area contributed by atoms with Gasteiger partial charge in [-0.15, -0.1) is 0 Å². The van der Waals surface area contributed by atoms with Crippen molar-refractivity contribution < 1.29 is 23.8 Å². The topological polar surface area (TPSA) is 61.8 Å². The molecule has 0 spiro atoms. The summed E-state index contributed by atoms with van der Waals surface area (Å²) in [4.78, 5) is 24.2. The molecule has 0 amide bonds. The summed E-state index contributed by atoms with van der Waals surface area (Å²) in [5, 5.41) is 0. The lowest BCUT2D eigenvalue weighted by molar-refractivity contribution is -0.167. The first-order valence-electron chi connectivity index (χ1n) is 7.38. The predicted octanol–water partition coefficient (Wildman–Crippen LogP) is 2.32. The van der Waals surface area contributed by atoms with Gasteiger partial charge in [-0.3, -0.25) is 9.59 Å². The molecule has 0 aromatic carbocycles. The van der Waals surface area contributed by atoms with Crippen molar-refractivity contribution in [2.45, 2.75) is 59.2 Å². The molecule has 5 nitrogen and oxygen atoms in total. The molecule has 0 aromatic rings. The Morgan fingerprint density at radius 2 is 1.45 bits per heavy atom. The standard InChI is InChI=1S/C15H26O5/c1-10(2)19-14(16)13(15(17)20-11(3)4)9-12-5-7-18-8-6-12/h10-13H,5-9H2,1-4H3. The predicted molar refractivity (Wildman–Crippen MR) is 74.1 cm³/mol. The van der Waals surface area contributed by atoms with Gasteiger partial charge in [0.05, 0.1) is 12.2 Å². The Kier molecular flexibility index (Phi) is 6.99. The van der Waals surface area contributed by atoms with Gasteiger partial charge < -0.3 is 14.2 Å². The lowest BCUT2D eigenvalue weighted by Gasteiger charge is -2.25. The van der Waals surface area contributed by atoms with Crippen LogP contribution in [0.15, 0.2) is 0 Å². The fourth-order valence-corrected chi connectivity index (χ4v) is 2.23. The molecule has 1 saturated heterocycles. The number of carbonyl (C=O) groups excluding carboxylic acids is 2. The average molecular weight is 286 g/mol. The minimum absolute atomic E-state index is 0.230. The summed E-state index contributed by atoms with van der Waals surface area (Å²) in [6.45, 7) is 8.48. The van der Waals surface area contributed by atoms with E-state index in [9.17, 15) is 9.59 Å². The number of esters is 2. The van der Waals surface area contributed by atoms with Crippen LogP contribution in [0.4, 0.5) is 0 Å². The lowest BCUT2D eigenvalue weighted by Crippen LogP contribution is -2.33. The highest BCUT2D eigenvalue weighted by Crippen LogP contribution is 2.25. The van der Waals surface area contributed by atoms with Gasteiger partial charge in [-0.2, -0.15) is 0 Å². The lowest BCUT2D eigenvalue weighted by atomic mass is 9.89. The summed E-state index contributed by atoms with van der Waals surface area (Å²) in [6.07, 6.45) is 1.78. The molecule has 0 aliphatic carbocycles. The molecule has 1 heterocycles. The van der Waals surface area contributed by atoms with E-state index >= 15 is 0 Å². The summed E-state index contributed by atoms with van der Waals surface area (Å²) in [7, 11) is 0. The Labute approximate surface area is 121 Å². The van der Waals surface area contributed by atoms with E-state index in [1.807, 2.05) is 0 Å². The van der Waals surface area contributed by atoms with Gasteiger partial charge in [0, 0.05) is 13.2 Å². The molecule has 1 aliphatic heterocycles. The van der Waals surface area contributed by atoms with Gasteiger partial charge in [0.2, 0.25) is 0 Å². The number of ether oxygens (including phenoxy) is 3. The van der Waals surface area contributed by atoms with Crippen LogP contribution in [0.5, 0.6) is 0 Å². The minimum atomic E-state index is -0.817. The maximum Gasteiger partial charge on any atom is 0.320 e. The van der Waals surface area contributed by atoms with E-state index in [0.717, 1.165) is 12.8 Å². The van der Waals surface area contributed by atoms with Crippen molar-refractivity contribution in [3.8, 4) is 0 Å². The minimum Gasteiger partial charge on any atom is -0.462 e. The molecule has 5 heteroatoms. The van der Waals surface area contributed by atoms with E-state index in [2.05, 4.69) is 0 Å². The maximum absolute atomic E-state index is 12.1. The Bertz CT molecular complexity index is 296. The third kappa shape index (κ3) is 5.90. The number of rotatable bonds is 6. The van der Waals surface area contributed by atoms with Crippen LogP contribution in [0.2, 0.25) is 0 Å². The van der Waals surface area contributed by atoms with E-state index in [4.69, 9.17) is 14.2 Å². The van der Waals surface area contributed by atoms with Gasteiger partial charge in [-0.25, -0.2) is 0 Å². The van der Waals surface area contributed by atoms with E-state index < -0.39 is 17.9 Å². The molecule has 0 bridgehead atoms. The fraction of sp³-hybridized carbons (Fsp3) is 0.867. The number of hydrogen-bond donors (Lipinski definition) is 0. The Morgan fingerprint density at radius 3 is 1.85 bits per heavy atom. The smallest absolute Gasteiger partial charge is 0.320 e. The largest absolute Gasteiger partial charge is 0.462 e. The van der Waals surface area contributed by atoms with Gasteiger partial charge in [-0.1, -0.05) is 0 Å². The molecular weight excluding hydrogens is 260 g/mol. The first kappa shape index (κ1) is 17.0. The monoisotopic (exact) mass is 286 g/mol. The van der Waals surface area contributed by atoms with Crippen molar-refractivity contribution in [3.05, 3.63) is 0 Å². The zero-order valence-electron chi connectivity index (χ0n) is 12.9. The molecule has 0 unspecified atom stereocenters.